The molecule has 0 bridgehead atoms. The zero-order valence-electron chi connectivity index (χ0n) is 10.9. The van der Waals surface area contributed by atoms with Crippen LogP contribution in [0, 0.1) is 22.9 Å². The Kier molecular flexibility index (Phi) is 4.35. The number of nitro benzene ring substituents is 1. The van der Waals surface area contributed by atoms with E-state index in [2.05, 4.69) is 4.72 Å². The number of rotatable bonds is 5. The van der Waals surface area contributed by atoms with Crippen LogP contribution in [-0.2, 0) is 16.6 Å². The van der Waals surface area contributed by atoms with Gasteiger partial charge in [-0.2, -0.15) is 4.39 Å². The molecule has 0 saturated heterocycles. The van der Waals surface area contributed by atoms with E-state index >= 15 is 0 Å². The molecule has 0 saturated carbocycles. The Morgan fingerprint density at radius 1 is 1.38 bits per heavy atom. The molecule has 0 amide bonds. The van der Waals surface area contributed by atoms with Crippen LogP contribution in [0.2, 0.25) is 0 Å². The minimum atomic E-state index is -3.92. The van der Waals surface area contributed by atoms with E-state index in [-0.39, 0.29) is 11.4 Å². The molecule has 0 spiro atoms. The Bertz CT molecular complexity index is 786. The third-order valence-electron chi connectivity index (χ3n) is 2.82. The minimum Gasteiger partial charge on any atom is -0.258 e. The van der Waals surface area contributed by atoms with Crippen LogP contribution in [0.3, 0.4) is 0 Å². The van der Waals surface area contributed by atoms with E-state index in [0.717, 1.165) is 22.6 Å². The Hall–Kier alpha value is -1.84. The van der Waals surface area contributed by atoms with Gasteiger partial charge in [-0.1, -0.05) is 0 Å². The topological polar surface area (TPSA) is 89.3 Å². The van der Waals surface area contributed by atoms with E-state index < -0.39 is 26.5 Å². The number of sulfonamides is 1. The lowest BCUT2D eigenvalue weighted by atomic mass is 10.3. The van der Waals surface area contributed by atoms with Gasteiger partial charge in [0, 0.05) is 23.6 Å². The second kappa shape index (κ2) is 5.88. The highest BCUT2D eigenvalue weighted by Gasteiger charge is 2.20. The molecule has 1 aromatic heterocycles. The van der Waals surface area contributed by atoms with E-state index in [1.165, 1.54) is 11.3 Å². The molecule has 21 heavy (non-hydrogen) atoms. The van der Waals surface area contributed by atoms with Crippen LogP contribution < -0.4 is 4.72 Å². The van der Waals surface area contributed by atoms with Gasteiger partial charge >= 0.3 is 5.69 Å². The Morgan fingerprint density at radius 3 is 2.62 bits per heavy atom. The van der Waals surface area contributed by atoms with Crippen LogP contribution in [0.5, 0.6) is 0 Å². The summed E-state index contributed by atoms with van der Waals surface area (Å²) < 4.78 is 39.9. The number of thiophene rings is 1. The third kappa shape index (κ3) is 3.43. The van der Waals surface area contributed by atoms with Crippen molar-refractivity contribution in [1.29, 1.82) is 0 Å². The van der Waals surface area contributed by atoms with Crippen molar-refractivity contribution < 1.29 is 17.7 Å². The fraction of sp³-hybridized carbons (Fsp3) is 0.167. The number of hydrogen-bond donors (Lipinski definition) is 1. The van der Waals surface area contributed by atoms with Gasteiger partial charge < -0.3 is 0 Å². The number of halogens is 1. The average molecular weight is 330 g/mol. The standard InChI is InChI=1S/C12H11FN2O4S2/c1-8-4-5-20-12(8)7-14-21(18,19)9-2-3-11(15(16)17)10(13)6-9/h2-6,14H,7H2,1H3. The summed E-state index contributed by atoms with van der Waals surface area (Å²) in [6, 6.07) is 4.34. The molecule has 1 heterocycles. The number of aryl methyl sites for hydroxylation is 1. The number of hydrogen-bond acceptors (Lipinski definition) is 5. The van der Waals surface area contributed by atoms with E-state index in [9.17, 15) is 22.9 Å². The van der Waals surface area contributed by atoms with Crippen molar-refractivity contribution >= 4 is 27.0 Å². The van der Waals surface area contributed by atoms with Crippen LogP contribution >= 0.6 is 11.3 Å². The van der Waals surface area contributed by atoms with Crippen molar-refractivity contribution in [1.82, 2.24) is 4.72 Å². The molecule has 0 unspecified atom stereocenters. The molecule has 9 heteroatoms. The maximum Gasteiger partial charge on any atom is 0.304 e. The van der Waals surface area contributed by atoms with Gasteiger partial charge in [0.15, 0.2) is 0 Å². The Morgan fingerprint density at radius 2 is 2.10 bits per heavy atom. The predicted octanol–water partition coefficient (Wildman–Crippen LogP) is 2.58. The zero-order chi connectivity index (χ0) is 15.6. The molecule has 0 aliphatic rings. The van der Waals surface area contributed by atoms with E-state index in [4.69, 9.17) is 0 Å². The number of nitrogens with zero attached hydrogens (tertiary/aromatic N) is 1. The molecule has 1 N–H and O–H groups in total. The van der Waals surface area contributed by atoms with Crippen molar-refractivity contribution in [2.24, 2.45) is 0 Å². The molecule has 112 valence electrons. The highest BCUT2D eigenvalue weighted by Crippen LogP contribution is 2.21. The van der Waals surface area contributed by atoms with Crippen LogP contribution in [-0.4, -0.2) is 13.3 Å². The van der Waals surface area contributed by atoms with Crippen molar-refractivity contribution in [2.45, 2.75) is 18.4 Å². The number of nitrogens with one attached hydrogen (secondary N) is 1. The molecule has 6 nitrogen and oxygen atoms in total. The summed E-state index contributed by atoms with van der Waals surface area (Å²) in [5.74, 6) is -1.19. The van der Waals surface area contributed by atoms with Gasteiger partial charge in [-0.05, 0) is 30.0 Å². The first kappa shape index (κ1) is 15.5. The first-order valence-corrected chi connectivity index (χ1v) is 8.14. The summed E-state index contributed by atoms with van der Waals surface area (Å²) in [5, 5.41) is 12.3. The van der Waals surface area contributed by atoms with Crippen molar-refractivity contribution in [3.63, 3.8) is 0 Å². The molecule has 2 rings (SSSR count). The van der Waals surface area contributed by atoms with Crippen molar-refractivity contribution in [3.8, 4) is 0 Å². The van der Waals surface area contributed by atoms with Gasteiger partial charge in [-0.15, -0.1) is 11.3 Å². The van der Waals surface area contributed by atoms with Gasteiger partial charge in [-0.25, -0.2) is 13.1 Å². The third-order valence-corrected chi connectivity index (χ3v) is 5.24. The van der Waals surface area contributed by atoms with Gasteiger partial charge in [-0.3, -0.25) is 10.1 Å². The summed E-state index contributed by atoms with van der Waals surface area (Å²) in [4.78, 5) is 10.1. The lowest BCUT2D eigenvalue weighted by molar-refractivity contribution is -0.387. The molecule has 0 aliphatic carbocycles. The zero-order valence-corrected chi connectivity index (χ0v) is 12.5. The second-order valence-corrected chi connectivity index (χ2v) is 6.99. The number of benzene rings is 1. The molecule has 0 radical (unpaired) electrons. The largest absolute Gasteiger partial charge is 0.304 e. The molecule has 2 aromatic rings. The SMILES string of the molecule is Cc1ccsc1CNS(=O)(=O)c1ccc([N+](=O)[O-])c(F)c1. The smallest absolute Gasteiger partial charge is 0.258 e. The molecule has 0 atom stereocenters. The van der Waals surface area contributed by atoms with Crippen LogP contribution in [0.4, 0.5) is 10.1 Å². The maximum atomic E-state index is 13.5. The fourth-order valence-electron chi connectivity index (χ4n) is 1.63. The Labute approximate surface area is 124 Å². The second-order valence-electron chi connectivity index (χ2n) is 4.22. The monoisotopic (exact) mass is 330 g/mol. The summed E-state index contributed by atoms with van der Waals surface area (Å²) in [6.45, 7) is 1.94. The lowest BCUT2D eigenvalue weighted by Crippen LogP contribution is -2.23. The highest BCUT2D eigenvalue weighted by molar-refractivity contribution is 7.89. The minimum absolute atomic E-state index is 0.0877. The molecule has 0 fully saturated rings. The van der Waals surface area contributed by atoms with Crippen LogP contribution in [0.15, 0.2) is 34.5 Å². The predicted molar refractivity (Wildman–Crippen MR) is 76.1 cm³/mol. The molecular formula is C12H11FN2O4S2. The van der Waals surface area contributed by atoms with Crippen molar-refractivity contribution in [2.75, 3.05) is 0 Å². The Balaban J connectivity index is 2.22. The first-order chi connectivity index (χ1) is 9.81. The maximum absolute atomic E-state index is 13.5. The fourth-order valence-corrected chi connectivity index (χ4v) is 3.58. The van der Waals surface area contributed by atoms with Crippen LogP contribution in [0.25, 0.3) is 0 Å². The van der Waals surface area contributed by atoms with Gasteiger partial charge in [0.2, 0.25) is 15.8 Å². The van der Waals surface area contributed by atoms with Gasteiger partial charge in [0.1, 0.15) is 0 Å². The van der Waals surface area contributed by atoms with E-state index in [1.807, 2.05) is 18.4 Å². The summed E-state index contributed by atoms with van der Waals surface area (Å²) in [6.07, 6.45) is 0. The highest BCUT2D eigenvalue weighted by atomic mass is 32.2. The van der Waals surface area contributed by atoms with Crippen molar-refractivity contribution in [3.05, 3.63) is 56.0 Å². The van der Waals surface area contributed by atoms with E-state index in [0.29, 0.717) is 6.07 Å². The van der Waals surface area contributed by atoms with Crippen LogP contribution in [0.1, 0.15) is 10.4 Å². The number of nitro groups is 1. The molecule has 1 aromatic carbocycles. The lowest BCUT2D eigenvalue weighted by Gasteiger charge is -2.06. The summed E-state index contributed by atoms with van der Waals surface area (Å²) in [7, 11) is -3.92. The summed E-state index contributed by atoms with van der Waals surface area (Å²) >= 11 is 1.40. The first-order valence-electron chi connectivity index (χ1n) is 5.78. The van der Waals surface area contributed by atoms with Gasteiger partial charge in [0.25, 0.3) is 0 Å². The normalized spacial score (nSPS) is 11.5. The molecule has 0 aliphatic heterocycles. The van der Waals surface area contributed by atoms with Gasteiger partial charge in [0.05, 0.1) is 9.82 Å². The quantitative estimate of drug-likeness (QED) is 0.674. The molecular weight excluding hydrogens is 319 g/mol. The summed E-state index contributed by atoms with van der Waals surface area (Å²) in [5.41, 5.74) is 0.195. The van der Waals surface area contributed by atoms with E-state index in [1.54, 1.807) is 0 Å². The average Bonchev–Trinajstić information content (AvgIpc) is 2.81.